The molecule has 0 aliphatic rings. The highest BCUT2D eigenvalue weighted by Gasteiger charge is 2.17. The maximum absolute atomic E-state index is 12.1. The molecule has 1 amide bonds. The maximum Gasteiger partial charge on any atom is 0.278 e. The van der Waals surface area contributed by atoms with Gasteiger partial charge in [0.1, 0.15) is 5.75 Å². The summed E-state index contributed by atoms with van der Waals surface area (Å²) in [7, 11) is 1.38. The van der Waals surface area contributed by atoms with Gasteiger partial charge in [-0.25, -0.2) is 5.48 Å². The van der Waals surface area contributed by atoms with Gasteiger partial charge in [-0.3, -0.25) is 19.7 Å². The first-order valence-electron chi connectivity index (χ1n) is 6.40. The molecular weight excluding hydrogens is 288 g/mol. The number of hydrogen-bond donors (Lipinski definition) is 1. The van der Waals surface area contributed by atoms with Gasteiger partial charge in [-0.2, -0.15) is 0 Å². The summed E-state index contributed by atoms with van der Waals surface area (Å²) >= 11 is 0. The molecule has 2 rings (SSSR count). The summed E-state index contributed by atoms with van der Waals surface area (Å²) < 4.78 is 5.03. The van der Waals surface area contributed by atoms with Crippen LogP contribution < -0.4 is 10.2 Å². The molecule has 114 valence electrons. The summed E-state index contributed by atoms with van der Waals surface area (Å²) in [6, 6.07) is 13.0. The van der Waals surface area contributed by atoms with Crippen molar-refractivity contribution in [3.63, 3.8) is 0 Å². The standard InChI is InChI=1S/C15H14N2O5/c1-21-14-8-7-12(17(19)20)9-13(14)15(18)16-22-10-11-5-3-2-4-6-11/h2-9H,10H2,1H3,(H,16,18). The first-order valence-corrected chi connectivity index (χ1v) is 6.40. The molecule has 0 heterocycles. The highest BCUT2D eigenvalue weighted by molar-refractivity contribution is 5.96. The topological polar surface area (TPSA) is 90.7 Å². The van der Waals surface area contributed by atoms with E-state index in [9.17, 15) is 14.9 Å². The summed E-state index contributed by atoms with van der Waals surface area (Å²) in [6.45, 7) is 0.184. The van der Waals surface area contributed by atoms with Crippen molar-refractivity contribution in [2.24, 2.45) is 0 Å². The molecule has 0 saturated carbocycles. The van der Waals surface area contributed by atoms with Crippen molar-refractivity contribution in [2.75, 3.05) is 7.11 Å². The van der Waals surface area contributed by atoms with E-state index in [4.69, 9.17) is 9.57 Å². The molecule has 0 unspecified atom stereocenters. The van der Waals surface area contributed by atoms with E-state index in [1.807, 2.05) is 30.3 Å². The third kappa shape index (κ3) is 3.80. The third-order valence-corrected chi connectivity index (χ3v) is 2.89. The molecule has 0 atom stereocenters. The lowest BCUT2D eigenvalue weighted by Crippen LogP contribution is -2.24. The summed E-state index contributed by atoms with van der Waals surface area (Å²) in [6.07, 6.45) is 0. The number of non-ortho nitro benzene ring substituents is 1. The number of amides is 1. The normalized spacial score (nSPS) is 10.0. The van der Waals surface area contributed by atoms with Crippen molar-refractivity contribution in [3.05, 3.63) is 69.8 Å². The number of rotatable bonds is 6. The Morgan fingerprint density at radius 2 is 1.95 bits per heavy atom. The van der Waals surface area contributed by atoms with Gasteiger partial charge in [-0.1, -0.05) is 30.3 Å². The summed E-state index contributed by atoms with van der Waals surface area (Å²) in [4.78, 5) is 27.4. The Hall–Kier alpha value is -2.93. The van der Waals surface area contributed by atoms with Gasteiger partial charge in [0, 0.05) is 12.1 Å². The number of ether oxygens (including phenoxy) is 1. The van der Waals surface area contributed by atoms with Crippen molar-refractivity contribution in [1.82, 2.24) is 5.48 Å². The van der Waals surface area contributed by atoms with Gasteiger partial charge in [0.25, 0.3) is 11.6 Å². The summed E-state index contributed by atoms with van der Waals surface area (Å²) in [5.74, 6) is -0.386. The number of hydrogen-bond acceptors (Lipinski definition) is 5. The van der Waals surface area contributed by atoms with E-state index in [0.717, 1.165) is 11.6 Å². The van der Waals surface area contributed by atoms with E-state index in [0.29, 0.717) is 0 Å². The number of nitro groups is 1. The van der Waals surface area contributed by atoms with Crippen LogP contribution in [0.3, 0.4) is 0 Å². The monoisotopic (exact) mass is 302 g/mol. The first kappa shape index (κ1) is 15.5. The van der Waals surface area contributed by atoms with Gasteiger partial charge < -0.3 is 4.74 Å². The summed E-state index contributed by atoms with van der Waals surface area (Å²) in [5.41, 5.74) is 2.96. The molecule has 22 heavy (non-hydrogen) atoms. The predicted octanol–water partition coefficient (Wildman–Crippen LogP) is 2.47. The highest BCUT2D eigenvalue weighted by atomic mass is 16.7. The second-order valence-electron chi connectivity index (χ2n) is 4.35. The van der Waals surface area contributed by atoms with Crippen molar-refractivity contribution in [2.45, 2.75) is 6.61 Å². The van der Waals surface area contributed by atoms with Crippen LogP contribution >= 0.6 is 0 Å². The van der Waals surface area contributed by atoms with Gasteiger partial charge in [0.15, 0.2) is 0 Å². The molecule has 0 aromatic heterocycles. The van der Waals surface area contributed by atoms with Gasteiger partial charge >= 0.3 is 0 Å². The van der Waals surface area contributed by atoms with Gasteiger partial charge in [-0.05, 0) is 11.6 Å². The number of methoxy groups -OCH3 is 1. The second kappa shape index (κ2) is 7.19. The first-order chi connectivity index (χ1) is 10.6. The Morgan fingerprint density at radius 3 is 2.59 bits per heavy atom. The van der Waals surface area contributed by atoms with Crippen molar-refractivity contribution in [1.29, 1.82) is 0 Å². The lowest BCUT2D eigenvalue weighted by Gasteiger charge is -2.09. The minimum absolute atomic E-state index is 0.0322. The van der Waals surface area contributed by atoms with Crippen LogP contribution in [0, 0.1) is 10.1 Å². The number of carbonyl (C=O) groups is 1. The molecule has 2 aromatic carbocycles. The highest BCUT2D eigenvalue weighted by Crippen LogP contribution is 2.23. The number of carbonyl (C=O) groups excluding carboxylic acids is 1. The third-order valence-electron chi connectivity index (χ3n) is 2.89. The van der Waals surface area contributed by atoms with Crippen LogP contribution in [0.2, 0.25) is 0 Å². The fourth-order valence-corrected chi connectivity index (χ4v) is 1.80. The lowest BCUT2D eigenvalue weighted by molar-refractivity contribution is -0.384. The van der Waals surface area contributed by atoms with Crippen molar-refractivity contribution >= 4 is 11.6 Å². The molecule has 0 radical (unpaired) electrons. The van der Waals surface area contributed by atoms with Crippen LogP contribution in [0.4, 0.5) is 5.69 Å². The molecule has 0 spiro atoms. The second-order valence-corrected chi connectivity index (χ2v) is 4.35. The molecule has 0 saturated heterocycles. The minimum atomic E-state index is -0.614. The van der Waals surface area contributed by atoms with Crippen LogP contribution in [0.1, 0.15) is 15.9 Å². The molecule has 0 fully saturated rings. The number of hydroxylamine groups is 1. The average molecular weight is 302 g/mol. The summed E-state index contributed by atoms with van der Waals surface area (Å²) in [5, 5.41) is 10.8. The number of nitro benzene ring substituents is 1. The van der Waals surface area contributed by atoms with Crippen LogP contribution in [-0.4, -0.2) is 17.9 Å². The van der Waals surface area contributed by atoms with Crippen molar-refractivity contribution < 1.29 is 19.3 Å². The molecule has 7 nitrogen and oxygen atoms in total. The molecule has 2 aromatic rings. The predicted molar refractivity (Wildman–Crippen MR) is 78.3 cm³/mol. The molecule has 0 bridgehead atoms. The van der Waals surface area contributed by atoms with Crippen LogP contribution in [-0.2, 0) is 11.4 Å². The zero-order valence-corrected chi connectivity index (χ0v) is 11.8. The zero-order valence-electron chi connectivity index (χ0n) is 11.8. The lowest BCUT2D eigenvalue weighted by atomic mass is 10.1. The smallest absolute Gasteiger partial charge is 0.278 e. The van der Waals surface area contributed by atoms with Gasteiger partial charge in [0.2, 0.25) is 0 Å². The fourth-order valence-electron chi connectivity index (χ4n) is 1.80. The fraction of sp³-hybridized carbons (Fsp3) is 0.133. The molecule has 0 aliphatic carbocycles. The molecule has 0 aliphatic heterocycles. The SMILES string of the molecule is COc1ccc([N+](=O)[O-])cc1C(=O)NOCc1ccccc1. The largest absolute Gasteiger partial charge is 0.496 e. The van der Waals surface area contributed by atoms with E-state index in [1.54, 1.807) is 0 Å². The van der Waals surface area contributed by atoms with E-state index in [2.05, 4.69) is 5.48 Å². The minimum Gasteiger partial charge on any atom is -0.496 e. The van der Waals surface area contributed by atoms with E-state index < -0.39 is 10.8 Å². The Bertz CT molecular complexity index is 673. The number of nitrogens with one attached hydrogen (secondary N) is 1. The Morgan fingerprint density at radius 1 is 1.23 bits per heavy atom. The molecular formula is C15H14N2O5. The van der Waals surface area contributed by atoms with Crippen LogP contribution in [0.15, 0.2) is 48.5 Å². The van der Waals surface area contributed by atoms with Crippen molar-refractivity contribution in [3.8, 4) is 5.75 Å². The van der Waals surface area contributed by atoms with E-state index in [1.165, 1.54) is 19.2 Å². The van der Waals surface area contributed by atoms with Crippen LogP contribution in [0.25, 0.3) is 0 Å². The number of benzene rings is 2. The molecule has 7 heteroatoms. The quantitative estimate of drug-likeness (QED) is 0.654. The van der Waals surface area contributed by atoms with Gasteiger partial charge in [-0.15, -0.1) is 0 Å². The maximum atomic E-state index is 12.1. The van der Waals surface area contributed by atoms with Gasteiger partial charge in [0.05, 0.1) is 24.2 Å². The van der Waals surface area contributed by atoms with Crippen LogP contribution in [0.5, 0.6) is 5.75 Å². The molecule has 1 N–H and O–H groups in total. The van der Waals surface area contributed by atoms with E-state index >= 15 is 0 Å². The van der Waals surface area contributed by atoms with E-state index in [-0.39, 0.29) is 23.6 Å². The Labute approximate surface area is 126 Å². The Balaban J connectivity index is 2.05. The average Bonchev–Trinajstić information content (AvgIpc) is 2.55. The number of nitrogens with zero attached hydrogens (tertiary/aromatic N) is 1. The Kier molecular flexibility index (Phi) is 5.05. The zero-order chi connectivity index (χ0) is 15.9.